The summed E-state index contributed by atoms with van der Waals surface area (Å²) in [6.07, 6.45) is 5.55. The molecule has 8 heteroatoms. The first-order valence-corrected chi connectivity index (χ1v) is 10.5. The molecule has 3 aliphatic heterocycles. The van der Waals surface area contributed by atoms with Gasteiger partial charge in [0, 0.05) is 36.7 Å². The van der Waals surface area contributed by atoms with Gasteiger partial charge in [-0.25, -0.2) is 14.2 Å². The van der Waals surface area contributed by atoms with E-state index in [1.54, 1.807) is 17.2 Å². The van der Waals surface area contributed by atoms with E-state index in [2.05, 4.69) is 28.6 Å². The second-order valence-corrected chi connectivity index (χ2v) is 8.39. The number of rotatable bonds is 4. The number of amides is 2. The third kappa shape index (κ3) is 3.57. The summed E-state index contributed by atoms with van der Waals surface area (Å²) in [5, 5.41) is 6.48. The summed E-state index contributed by atoms with van der Waals surface area (Å²) >= 11 is 0. The molecule has 2 N–H and O–H groups in total. The van der Waals surface area contributed by atoms with E-state index >= 15 is 0 Å². The average Bonchev–Trinajstić information content (AvgIpc) is 3.41. The van der Waals surface area contributed by atoms with Crippen LogP contribution in [0.3, 0.4) is 0 Å². The zero-order valence-electron chi connectivity index (χ0n) is 17.5. The standard InChI is InChI=1S/C23H25FN6O/c1-14-8-17(24)5-6-20(14)29-12-21-27-22(28-23(31)30(21)13-29)19-11-26-10-18(19)15(2)16-4-3-7-25-9-16/h3-9,12,15,18-19,26H,10-11,13H2,1-2H3,(H,27,28,31). The van der Waals surface area contributed by atoms with Crippen molar-refractivity contribution in [2.75, 3.05) is 24.7 Å². The minimum atomic E-state index is -0.272. The van der Waals surface area contributed by atoms with E-state index in [1.807, 2.05) is 30.3 Å². The van der Waals surface area contributed by atoms with E-state index in [0.717, 1.165) is 24.3 Å². The number of urea groups is 1. The van der Waals surface area contributed by atoms with Crippen molar-refractivity contribution >= 4 is 17.6 Å². The van der Waals surface area contributed by atoms with Crippen molar-refractivity contribution in [3.8, 4) is 0 Å². The molecule has 1 saturated heterocycles. The Morgan fingerprint density at radius 1 is 1.26 bits per heavy atom. The molecule has 1 fully saturated rings. The van der Waals surface area contributed by atoms with Crippen molar-refractivity contribution in [1.29, 1.82) is 0 Å². The molecule has 3 aliphatic rings. The first kappa shape index (κ1) is 19.7. The van der Waals surface area contributed by atoms with E-state index < -0.39 is 0 Å². The topological polar surface area (TPSA) is 72.9 Å². The van der Waals surface area contributed by atoms with Gasteiger partial charge in [-0.2, -0.15) is 0 Å². The number of hydrogen-bond donors (Lipinski definition) is 2. The third-order valence-corrected chi connectivity index (χ3v) is 6.49. The molecule has 0 aliphatic carbocycles. The van der Waals surface area contributed by atoms with Gasteiger partial charge in [-0.1, -0.05) is 13.0 Å². The van der Waals surface area contributed by atoms with Crippen molar-refractivity contribution in [3.63, 3.8) is 0 Å². The largest absolute Gasteiger partial charge is 0.329 e. The molecule has 7 nitrogen and oxygen atoms in total. The van der Waals surface area contributed by atoms with E-state index in [9.17, 15) is 9.18 Å². The molecule has 160 valence electrons. The Morgan fingerprint density at radius 3 is 2.90 bits per heavy atom. The quantitative estimate of drug-likeness (QED) is 0.797. The Hall–Kier alpha value is -3.26. The second-order valence-electron chi connectivity index (χ2n) is 8.39. The van der Waals surface area contributed by atoms with Crippen molar-refractivity contribution in [1.82, 2.24) is 20.5 Å². The Balaban J connectivity index is 1.42. The van der Waals surface area contributed by atoms with E-state index in [4.69, 9.17) is 4.99 Å². The maximum Gasteiger partial charge on any atom is 0.329 e. The van der Waals surface area contributed by atoms with Gasteiger partial charge in [-0.3, -0.25) is 15.2 Å². The highest BCUT2D eigenvalue weighted by molar-refractivity contribution is 6.02. The number of aromatic nitrogens is 1. The normalized spacial score (nSPS) is 23.9. The SMILES string of the molecule is Cc1cc(F)ccc1N1C=C2N=C(C3CNCC3C(C)c3cccnc3)NC(=O)N2C1. The number of amidine groups is 1. The van der Waals surface area contributed by atoms with Crippen LogP contribution in [0.1, 0.15) is 24.0 Å². The van der Waals surface area contributed by atoms with Gasteiger partial charge < -0.3 is 10.2 Å². The van der Waals surface area contributed by atoms with Crippen LogP contribution in [0.5, 0.6) is 0 Å². The lowest BCUT2D eigenvalue weighted by molar-refractivity contribution is 0.216. The molecule has 4 heterocycles. The molecular weight excluding hydrogens is 395 g/mol. The van der Waals surface area contributed by atoms with Crippen LogP contribution in [0.25, 0.3) is 0 Å². The number of halogens is 1. The average molecular weight is 420 g/mol. The molecule has 2 aromatic rings. The minimum Gasteiger partial charge on any atom is -0.325 e. The lowest BCUT2D eigenvalue weighted by Gasteiger charge is -2.31. The number of hydrogen-bond acceptors (Lipinski definition) is 5. The summed E-state index contributed by atoms with van der Waals surface area (Å²) in [5.41, 5.74) is 2.86. The molecule has 5 rings (SSSR count). The summed E-state index contributed by atoms with van der Waals surface area (Å²) in [5.74, 6) is 1.72. The molecule has 0 radical (unpaired) electrons. The second kappa shape index (κ2) is 7.77. The van der Waals surface area contributed by atoms with Crippen LogP contribution in [-0.4, -0.2) is 41.5 Å². The van der Waals surface area contributed by atoms with Crippen LogP contribution < -0.4 is 15.5 Å². The van der Waals surface area contributed by atoms with Crippen molar-refractivity contribution < 1.29 is 9.18 Å². The molecule has 1 aromatic carbocycles. The summed E-state index contributed by atoms with van der Waals surface area (Å²) in [4.78, 5) is 25.5. The maximum absolute atomic E-state index is 13.5. The summed E-state index contributed by atoms with van der Waals surface area (Å²) in [6, 6.07) is 8.53. The first-order valence-electron chi connectivity index (χ1n) is 10.5. The molecule has 31 heavy (non-hydrogen) atoms. The molecule has 3 unspecified atom stereocenters. The zero-order chi connectivity index (χ0) is 21.5. The van der Waals surface area contributed by atoms with Crippen LogP contribution in [0.2, 0.25) is 0 Å². The van der Waals surface area contributed by atoms with Gasteiger partial charge in [0.2, 0.25) is 0 Å². The third-order valence-electron chi connectivity index (χ3n) is 6.49. The number of anilines is 1. The highest BCUT2D eigenvalue weighted by atomic mass is 19.1. The Labute approximate surface area is 180 Å². The number of pyridine rings is 1. The lowest BCUT2D eigenvalue weighted by atomic mass is 9.80. The smallest absolute Gasteiger partial charge is 0.325 e. The Kier molecular flexibility index (Phi) is 4.94. The number of aryl methyl sites for hydroxylation is 1. The number of carbonyl (C=O) groups excluding carboxylic acids is 1. The van der Waals surface area contributed by atoms with Crippen LogP contribution in [0, 0.1) is 24.6 Å². The number of carbonyl (C=O) groups is 1. The fourth-order valence-corrected chi connectivity index (χ4v) is 4.74. The fraction of sp³-hybridized carbons (Fsp3) is 0.348. The lowest BCUT2D eigenvalue weighted by Crippen LogP contribution is -2.50. The van der Waals surface area contributed by atoms with Crippen molar-refractivity contribution in [2.24, 2.45) is 16.8 Å². The van der Waals surface area contributed by atoms with E-state index in [0.29, 0.717) is 24.2 Å². The number of benzene rings is 1. The monoisotopic (exact) mass is 420 g/mol. The minimum absolute atomic E-state index is 0.101. The van der Waals surface area contributed by atoms with E-state index in [-0.39, 0.29) is 23.7 Å². The molecule has 2 amide bonds. The molecule has 3 atom stereocenters. The van der Waals surface area contributed by atoms with Crippen LogP contribution in [0.4, 0.5) is 14.9 Å². The summed E-state index contributed by atoms with van der Waals surface area (Å²) < 4.78 is 13.5. The summed E-state index contributed by atoms with van der Waals surface area (Å²) in [7, 11) is 0. The fourth-order valence-electron chi connectivity index (χ4n) is 4.74. The van der Waals surface area contributed by atoms with Crippen molar-refractivity contribution in [3.05, 3.63) is 71.7 Å². The number of nitrogens with one attached hydrogen (secondary N) is 2. The van der Waals surface area contributed by atoms with Gasteiger partial charge >= 0.3 is 6.03 Å². The number of fused-ring (bicyclic) bond motifs is 1. The molecule has 0 saturated carbocycles. The van der Waals surface area contributed by atoms with Gasteiger partial charge in [0.15, 0.2) is 5.82 Å². The molecule has 1 aromatic heterocycles. The van der Waals surface area contributed by atoms with Crippen LogP contribution >= 0.6 is 0 Å². The molecular formula is C23H25FN6O. The Morgan fingerprint density at radius 2 is 2.13 bits per heavy atom. The van der Waals surface area contributed by atoms with Crippen molar-refractivity contribution in [2.45, 2.75) is 19.8 Å². The van der Waals surface area contributed by atoms with E-state index in [1.165, 1.54) is 17.7 Å². The van der Waals surface area contributed by atoms with Crippen LogP contribution in [0.15, 0.2) is 59.7 Å². The predicted octanol–water partition coefficient (Wildman–Crippen LogP) is 3.17. The number of nitrogens with zero attached hydrogens (tertiary/aromatic N) is 4. The van der Waals surface area contributed by atoms with Crippen LogP contribution in [-0.2, 0) is 0 Å². The molecule has 0 bridgehead atoms. The predicted molar refractivity (Wildman–Crippen MR) is 117 cm³/mol. The van der Waals surface area contributed by atoms with Gasteiger partial charge in [0.1, 0.15) is 18.3 Å². The highest BCUT2D eigenvalue weighted by Gasteiger charge is 2.40. The van der Waals surface area contributed by atoms with Gasteiger partial charge in [-0.15, -0.1) is 0 Å². The van der Waals surface area contributed by atoms with Gasteiger partial charge in [0.05, 0.1) is 0 Å². The van der Waals surface area contributed by atoms with Gasteiger partial charge in [0.25, 0.3) is 0 Å². The summed E-state index contributed by atoms with van der Waals surface area (Å²) in [6.45, 7) is 6.04. The number of aliphatic imine (C=N–C) groups is 1. The molecule has 0 spiro atoms. The first-order chi connectivity index (χ1) is 15.0. The zero-order valence-corrected chi connectivity index (χ0v) is 17.5. The Bertz CT molecular complexity index is 1070. The highest BCUT2D eigenvalue weighted by Crippen LogP contribution is 2.35. The van der Waals surface area contributed by atoms with Gasteiger partial charge in [-0.05, 0) is 60.7 Å². The maximum atomic E-state index is 13.5.